The van der Waals surface area contributed by atoms with E-state index in [1.54, 1.807) is 0 Å². The molecule has 0 bridgehead atoms. The molecule has 0 rings (SSSR count). The summed E-state index contributed by atoms with van der Waals surface area (Å²) < 4.78 is 0. The summed E-state index contributed by atoms with van der Waals surface area (Å²) in [5.74, 6) is 0. The van der Waals surface area contributed by atoms with Gasteiger partial charge in [0.1, 0.15) is 0 Å². The fraction of sp³-hybridized carbons (Fsp3) is 0.800. The van der Waals surface area contributed by atoms with Crippen LogP contribution in [0.1, 0.15) is 41.5 Å². The Morgan fingerprint density at radius 1 is 0.667 bits per heavy atom. The Bertz CT molecular complexity index is 167. The highest BCUT2D eigenvalue weighted by Gasteiger charge is 2.25. The Hall–Kier alpha value is 0.320. The van der Waals surface area contributed by atoms with Crippen molar-refractivity contribution in [2.24, 2.45) is 10.8 Å². The van der Waals surface area contributed by atoms with Crippen molar-refractivity contribution in [3.8, 4) is 0 Å². The highest BCUT2D eigenvalue weighted by molar-refractivity contribution is 6.39. The van der Waals surface area contributed by atoms with Crippen LogP contribution in [-0.2, 0) is 0 Å². The predicted molar refractivity (Wildman–Crippen MR) is 57.6 cm³/mol. The van der Waals surface area contributed by atoms with E-state index in [0.717, 1.165) is 10.1 Å². The summed E-state index contributed by atoms with van der Waals surface area (Å²) in [5, 5.41) is 1.52. The van der Waals surface area contributed by atoms with Gasteiger partial charge in [-0.1, -0.05) is 64.7 Å². The van der Waals surface area contributed by atoms with E-state index >= 15 is 0 Å². The number of halogens is 2. The van der Waals surface area contributed by atoms with Crippen LogP contribution in [0.4, 0.5) is 0 Å². The van der Waals surface area contributed by atoms with Gasteiger partial charge in [-0.3, -0.25) is 0 Å². The fourth-order valence-corrected chi connectivity index (χ4v) is 1.23. The lowest BCUT2D eigenvalue weighted by molar-refractivity contribution is 0.483. The van der Waals surface area contributed by atoms with Gasteiger partial charge in [-0.15, -0.1) is 0 Å². The summed E-state index contributed by atoms with van der Waals surface area (Å²) in [5.41, 5.74) is -0.0994. The van der Waals surface area contributed by atoms with Gasteiger partial charge in [-0.25, -0.2) is 0 Å². The lowest BCUT2D eigenvalue weighted by Crippen LogP contribution is -2.13. The van der Waals surface area contributed by atoms with Gasteiger partial charge in [0, 0.05) is 10.1 Å². The summed E-state index contributed by atoms with van der Waals surface area (Å²) in [6.07, 6.45) is 0. The SMILES string of the molecule is CC(C)(C)C(Cl)=C(Cl)C(C)(C)C. The Morgan fingerprint density at radius 3 is 0.917 bits per heavy atom. The van der Waals surface area contributed by atoms with Gasteiger partial charge in [0.25, 0.3) is 0 Å². The van der Waals surface area contributed by atoms with Crippen LogP contribution in [0, 0.1) is 10.8 Å². The molecule has 0 atom stereocenters. The van der Waals surface area contributed by atoms with Crippen molar-refractivity contribution in [2.45, 2.75) is 41.5 Å². The standard InChI is InChI=1S/C10H18Cl2/c1-9(2,3)7(11)8(12)10(4,5)6/h1-6H3. The van der Waals surface area contributed by atoms with Crippen molar-refractivity contribution < 1.29 is 0 Å². The van der Waals surface area contributed by atoms with Crippen LogP contribution in [0.25, 0.3) is 0 Å². The topological polar surface area (TPSA) is 0 Å². The molecule has 0 fully saturated rings. The van der Waals surface area contributed by atoms with E-state index in [0.29, 0.717) is 0 Å². The zero-order valence-corrected chi connectivity index (χ0v) is 10.3. The molecular weight excluding hydrogens is 191 g/mol. The third kappa shape index (κ3) is 3.37. The Morgan fingerprint density at radius 2 is 0.833 bits per heavy atom. The van der Waals surface area contributed by atoms with Gasteiger partial charge >= 0.3 is 0 Å². The minimum Gasteiger partial charge on any atom is -0.0873 e. The number of hydrogen-bond donors (Lipinski definition) is 0. The predicted octanol–water partition coefficient (Wildman–Crippen LogP) is 4.77. The molecule has 0 unspecified atom stereocenters. The molecule has 0 aliphatic carbocycles. The molecule has 0 N–H and O–H groups in total. The third-order valence-corrected chi connectivity index (χ3v) is 3.12. The molecule has 0 saturated carbocycles. The summed E-state index contributed by atoms with van der Waals surface area (Å²) >= 11 is 12.3. The molecule has 0 amide bonds. The maximum Gasteiger partial charge on any atom is 0.0384 e. The van der Waals surface area contributed by atoms with Crippen LogP contribution in [-0.4, -0.2) is 0 Å². The van der Waals surface area contributed by atoms with Gasteiger partial charge < -0.3 is 0 Å². The molecule has 2 heteroatoms. The average molecular weight is 209 g/mol. The normalized spacial score (nSPS) is 16.0. The van der Waals surface area contributed by atoms with Crippen molar-refractivity contribution in [1.29, 1.82) is 0 Å². The quantitative estimate of drug-likeness (QED) is 0.539. The molecule has 0 aromatic heterocycles. The van der Waals surface area contributed by atoms with E-state index in [9.17, 15) is 0 Å². The number of allylic oxidation sites excluding steroid dienone is 2. The second-order valence-electron chi connectivity index (χ2n) is 5.13. The first-order valence-corrected chi connectivity index (χ1v) is 4.88. The van der Waals surface area contributed by atoms with E-state index in [1.807, 2.05) is 0 Å². The largest absolute Gasteiger partial charge is 0.0873 e. The zero-order valence-electron chi connectivity index (χ0n) is 8.76. The Kier molecular flexibility index (Phi) is 3.69. The lowest BCUT2D eigenvalue weighted by Gasteiger charge is -2.25. The second-order valence-corrected chi connectivity index (χ2v) is 5.88. The molecule has 0 radical (unpaired) electrons. The number of hydrogen-bond acceptors (Lipinski definition) is 0. The van der Waals surface area contributed by atoms with Gasteiger partial charge in [-0.2, -0.15) is 0 Å². The Balaban J connectivity index is 4.96. The molecule has 0 aromatic rings. The van der Waals surface area contributed by atoms with Gasteiger partial charge in [0.2, 0.25) is 0 Å². The van der Waals surface area contributed by atoms with Gasteiger partial charge in [-0.05, 0) is 10.8 Å². The van der Waals surface area contributed by atoms with E-state index in [4.69, 9.17) is 23.2 Å². The molecule has 0 aliphatic heterocycles. The molecule has 0 saturated heterocycles. The molecule has 0 aliphatic rings. The van der Waals surface area contributed by atoms with Crippen molar-refractivity contribution >= 4 is 23.2 Å². The number of rotatable bonds is 0. The van der Waals surface area contributed by atoms with Gasteiger partial charge in [0.05, 0.1) is 0 Å². The van der Waals surface area contributed by atoms with E-state index in [1.165, 1.54) is 0 Å². The van der Waals surface area contributed by atoms with E-state index < -0.39 is 0 Å². The fourth-order valence-electron chi connectivity index (χ4n) is 0.658. The van der Waals surface area contributed by atoms with Crippen molar-refractivity contribution in [1.82, 2.24) is 0 Å². The summed E-state index contributed by atoms with van der Waals surface area (Å²) in [6, 6.07) is 0. The van der Waals surface area contributed by atoms with E-state index in [-0.39, 0.29) is 10.8 Å². The van der Waals surface area contributed by atoms with Crippen molar-refractivity contribution in [2.75, 3.05) is 0 Å². The molecule has 0 nitrogen and oxygen atoms in total. The summed E-state index contributed by atoms with van der Waals surface area (Å²) in [4.78, 5) is 0. The first-order valence-electron chi connectivity index (χ1n) is 4.13. The average Bonchev–Trinajstić information content (AvgIpc) is 1.80. The van der Waals surface area contributed by atoms with Crippen LogP contribution in [0.3, 0.4) is 0 Å². The smallest absolute Gasteiger partial charge is 0.0384 e. The molecule has 12 heavy (non-hydrogen) atoms. The van der Waals surface area contributed by atoms with Crippen molar-refractivity contribution in [3.63, 3.8) is 0 Å². The van der Waals surface area contributed by atoms with Crippen LogP contribution in [0.5, 0.6) is 0 Å². The maximum atomic E-state index is 6.14. The van der Waals surface area contributed by atoms with Crippen LogP contribution in [0.2, 0.25) is 0 Å². The molecular formula is C10H18Cl2. The maximum absolute atomic E-state index is 6.14. The second kappa shape index (κ2) is 3.59. The van der Waals surface area contributed by atoms with E-state index in [2.05, 4.69) is 41.5 Å². The summed E-state index contributed by atoms with van der Waals surface area (Å²) in [6.45, 7) is 12.4. The van der Waals surface area contributed by atoms with Crippen molar-refractivity contribution in [3.05, 3.63) is 10.1 Å². The molecule has 72 valence electrons. The Labute approximate surface area is 85.9 Å². The first-order chi connectivity index (χ1) is 5.07. The highest BCUT2D eigenvalue weighted by atomic mass is 35.5. The zero-order chi connectivity index (χ0) is 10.2. The minimum absolute atomic E-state index is 0.0497. The van der Waals surface area contributed by atoms with Crippen LogP contribution in [0.15, 0.2) is 10.1 Å². The third-order valence-electron chi connectivity index (χ3n) is 1.51. The highest BCUT2D eigenvalue weighted by Crippen LogP contribution is 2.40. The first kappa shape index (κ1) is 12.3. The molecule has 0 heterocycles. The monoisotopic (exact) mass is 208 g/mol. The molecule has 0 spiro atoms. The van der Waals surface area contributed by atoms with Gasteiger partial charge in [0.15, 0.2) is 0 Å². The lowest BCUT2D eigenvalue weighted by atomic mass is 9.88. The van der Waals surface area contributed by atoms with Crippen LogP contribution >= 0.6 is 23.2 Å². The summed E-state index contributed by atoms with van der Waals surface area (Å²) in [7, 11) is 0. The molecule has 0 aromatic carbocycles. The minimum atomic E-state index is -0.0497. The van der Waals surface area contributed by atoms with Crippen LogP contribution < -0.4 is 0 Å².